The van der Waals surface area contributed by atoms with Crippen molar-refractivity contribution in [3.63, 3.8) is 0 Å². The van der Waals surface area contributed by atoms with Gasteiger partial charge in [0.25, 0.3) is 0 Å². The van der Waals surface area contributed by atoms with Gasteiger partial charge in [0.2, 0.25) is 0 Å². The van der Waals surface area contributed by atoms with Gasteiger partial charge < -0.3 is 4.43 Å². The highest BCUT2D eigenvalue weighted by Crippen LogP contribution is 2.43. The van der Waals surface area contributed by atoms with Gasteiger partial charge in [-0.3, -0.25) is 0 Å². The fourth-order valence-corrected chi connectivity index (χ4v) is 5.72. The fourth-order valence-electron chi connectivity index (χ4n) is 3.02. The Bertz CT molecular complexity index is 185. The van der Waals surface area contributed by atoms with E-state index in [0.717, 1.165) is 5.92 Å². The Morgan fingerprint density at radius 2 is 1.79 bits per heavy atom. The number of hydrogen-bond donors (Lipinski definition) is 0. The Balaban J connectivity index is 2.83. The average Bonchev–Trinajstić information content (AvgIpc) is 2.16. The molecule has 1 nitrogen and oxygen atoms in total. The highest BCUT2D eigenvalue weighted by molar-refractivity contribution is 6.71. The van der Waals surface area contributed by atoms with Crippen LogP contribution >= 0.6 is 0 Å². The van der Waals surface area contributed by atoms with Crippen LogP contribution in [0.5, 0.6) is 0 Å². The molecule has 0 aliphatic carbocycles. The third kappa shape index (κ3) is 2.22. The lowest BCUT2D eigenvalue weighted by atomic mass is 9.79. The lowest BCUT2D eigenvalue weighted by molar-refractivity contribution is -0.0278. The van der Waals surface area contributed by atoms with Crippen LogP contribution in [0, 0.1) is 5.92 Å². The first-order valence-electron chi connectivity index (χ1n) is 6.20. The SMILES string of the molecule is CCC1CC[Si](C)(C)OC1(CC)CC. The second-order valence-electron chi connectivity index (χ2n) is 5.28. The molecule has 0 N–H and O–H groups in total. The van der Waals surface area contributed by atoms with Crippen LogP contribution < -0.4 is 0 Å². The lowest BCUT2D eigenvalue weighted by Crippen LogP contribution is -2.53. The molecule has 0 saturated carbocycles. The summed E-state index contributed by atoms with van der Waals surface area (Å²) >= 11 is 0. The second kappa shape index (κ2) is 4.36. The predicted molar refractivity (Wildman–Crippen MR) is 65.1 cm³/mol. The standard InChI is InChI=1S/C12H26OSi/c1-6-11-9-10-14(4,5)13-12(11,7-2)8-3/h11H,6-10H2,1-5H3. The van der Waals surface area contributed by atoms with E-state index in [1.165, 1.54) is 31.7 Å². The first-order valence-corrected chi connectivity index (χ1v) is 9.31. The topological polar surface area (TPSA) is 9.23 Å². The summed E-state index contributed by atoms with van der Waals surface area (Å²) in [5.41, 5.74) is 0.225. The highest BCUT2D eigenvalue weighted by Gasteiger charge is 2.45. The van der Waals surface area contributed by atoms with E-state index in [1.807, 2.05) is 0 Å². The summed E-state index contributed by atoms with van der Waals surface area (Å²) in [6.07, 6.45) is 5.07. The van der Waals surface area contributed by atoms with Crippen LogP contribution in [0.1, 0.15) is 46.5 Å². The largest absolute Gasteiger partial charge is 0.412 e. The first-order chi connectivity index (χ1) is 6.49. The number of rotatable bonds is 3. The Hall–Kier alpha value is 0.177. The maximum absolute atomic E-state index is 6.50. The van der Waals surface area contributed by atoms with Crippen LogP contribution in [-0.4, -0.2) is 13.9 Å². The van der Waals surface area contributed by atoms with Gasteiger partial charge in [-0.15, -0.1) is 0 Å². The smallest absolute Gasteiger partial charge is 0.187 e. The van der Waals surface area contributed by atoms with Crippen LogP contribution in [-0.2, 0) is 4.43 Å². The fraction of sp³-hybridized carbons (Fsp3) is 1.00. The Labute approximate surface area is 90.4 Å². The summed E-state index contributed by atoms with van der Waals surface area (Å²) in [6, 6.07) is 1.35. The van der Waals surface area contributed by atoms with Crippen molar-refractivity contribution in [2.75, 3.05) is 0 Å². The van der Waals surface area contributed by atoms with E-state index in [9.17, 15) is 0 Å². The van der Waals surface area contributed by atoms with Gasteiger partial charge in [-0.2, -0.15) is 0 Å². The van der Waals surface area contributed by atoms with Crippen LogP contribution in [0.3, 0.4) is 0 Å². The Kier molecular flexibility index (Phi) is 3.81. The summed E-state index contributed by atoms with van der Waals surface area (Å²) in [5, 5.41) is 0. The maximum Gasteiger partial charge on any atom is 0.187 e. The van der Waals surface area contributed by atoms with Crippen LogP contribution in [0.25, 0.3) is 0 Å². The van der Waals surface area contributed by atoms with Gasteiger partial charge in [0, 0.05) is 0 Å². The molecular weight excluding hydrogens is 188 g/mol. The van der Waals surface area contributed by atoms with E-state index in [4.69, 9.17) is 4.43 Å². The average molecular weight is 214 g/mol. The van der Waals surface area contributed by atoms with Crippen molar-refractivity contribution in [1.82, 2.24) is 0 Å². The molecule has 0 aromatic carbocycles. The molecule has 2 heteroatoms. The molecule has 1 rings (SSSR count). The van der Waals surface area contributed by atoms with Crippen molar-refractivity contribution in [2.45, 2.75) is 71.2 Å². The maximum atomic E-state index is 6.50. The molecule has 1 aliphatic heterocycles. The lowest BCUT2D eigenvalue weighted by Gasteiger charge is -2.49. The van der Waals surface area contributed by atoms with Crippen molar-refractivity contribution >= 4 is 8.32 Å². The molecular formula is C12H26OSi. The van der Waals surface area contributed by atoms with Crippen molar-refractivity contribution in [2.24, 2.45) is 5.92 Å². The third-order valence-electron chi connectivity index (χ3n) is 4.01. The molecule has 1 unspecified atom stereocenters. The summed E-state index contributed by atoms with van der Waals surface area (Å²) in [7, 11) is -1.33. The van der Waals surface area contributed by atoms with Gasteiger partial charge in [-0.25, -0.2) is 0 Å². The van der Waals surface area contributed by atoms with Crippen molar-refractivity contribution in [1.29, 1.82) is 0 Å². The monoisotopic (exact) mass is 214 g/mol. The molecule has 0 radical (unpaired) electrons. The molecule has 0 spiro atoms. The summed E-state index contributed by atoms with van der Waals surface area (Å²) in [6.45, 7) is 11.6. The molecule has 0 aromatic heterocycles. The zero-order chi connectivity index (χ0) is 10.8. The predicted octanol–water partition coefficient (Wildman–Crippen LogP) is 4.20. The molecule has 0 aromatic rings. The van der Waals surface area contributed by atoms with Gasteiger partial charge in [0.05, 0.1) is 5.60 Å². The van der Waals surface area contributed by atoms with Crippen LogP contribution in [0.2, 0.25) is 19.1 Å². The minimum atomic E-state index is -1.33. The third-order valence-corrected chi connectivity index (χ3v) is 6.46. The van der Waals surface area contributed by atoms with Gasteiger partial charge in [-0.1, -0.05) is 27.2 Å². The molecule has 84 valence electrons. The molecule has 1 aliphatic rings. The number of hydrogen-bond acceptors (Lipinski definition) is 1. The normalized spacial score (nSPS) is 30.2. The van der Waals surface area contributed by atoms with E-state index < -0.39 is 8.32 Å². The minimum absolute atomic E-state index is 0.225. The molecule has 1 heterocycles. The zero-order valence-electron chi connectivity index (χ0n) is 10.5. The van der Waals surface area contributed by atoms with Crippen molar-refractivity contribution in [3.8, 4) is 0 Å². The molecule has 14 heavy (non-hydrogen) atoms. The summed E-state index contributed by atoms with van der Waals surface area (Å²) in [4.78, 5) is 0. The van der Waals surface area contributed by atoms with Crippen molar-refractivity contribution < 1.29 is 4.43 Å². The Morgan fingerprint density at radius 3 is 2.21 bits per heavy atom. The van der Waals surface area contributed by atoms with Gasteiger partial charge >= 0.3 is 0 Å². The van der Waals surface area contributed by atoms with Gasteiger partial charge in [0.1, 0.15) is 0 Å². The van der Waals surface area contributed by atoms with E-state index in [0.29, 0.717) is 0 Å². The molecule has 1 fully saturated rings. The van der Waals surface area contributed by atoms with E-state index in [1.54, 1.807) is 0 Å². The summed E-state index contributed by atoms with van der Waals surface area (Å²) < 4.78 is 6.50. The van der Waals surface area contributed by atoms with Crippen LogP contribution in [0.15, 0.2) is 0 Å². The van der Waals surface area contributed by atoms with E-state index in [-0.39, 0.29) is 5.60 Å². The molecule has 0 bridgehead atoms. The molecule has 1 saturated heterocycles. The quantitative estimate of drug-likeness (QED) is 0.640. The zero-order valence-corrected chi connectivity index (χ0v) is 11.5. The van der Waals surface area contributed by atoms with Gasteiger partial charge in [-0.05, 0) is 44.3 Å². The van der Waals surface area contributed by atoms with Crippen molar-refractivity contribution in [3.05, 3.63) is 0 Å². The highest BCUT2D eigenvalue weighted by atomic mass is 28.4. The van der Waals surface area contributed by atoms with E-state index >= 15 is 0 Å². The van der Waals surface area contributed by atoms with Crippen LogP contribution in [0.4, 0.5) is 0 Å². The van der Waals surface area contributed by atoms with E-state index in [2.05, 4.69) is 33.9 Å². The molecule has 1 atom stereocenters. The Morgan fingerprint density at radius 1 is 1.21 bits per heavy atom. The second-order valence-corrected chi connectivity index (χ2v) is 9.50. The minimum Gasteiger partial charge on any atom is -0.412 e. The molecule has 0 amide bonds. The van der Waals surface area contributed by atoms with Gasteiger partial charge in [0.15, 0.2) is 8.32 Å². The first kappa shape index (κ1) is 12.2. The summed E-state index contributed by atoms with van der Waals surface area (Å²) in [5.74, 6) is 0.804.